The Bertz CT molecular complexity index is 686. The molecule has 1 N–H and O–H groups in total. The molecular formula is C10H3Cl2F3N2O2S2. The van der Waals surface area contributed by atoms with Crippen LogP contribution < -0.4 is 0 Å². The zero-order valence-corrected chi connectivity index (χ0v) is 12.8. The minimum absolute atomic E-state index is 0.130. The number of carboxylic acid groups (broad SMARTS) is 1. The minimum atomic E-state index is -4.85. The first-order valence-corrected chi connectivity index (χ1v) is 7.37. The molecular weight excluding hydrogens is 372 g/mol. The molecule has 2 aromatic heterocycles. The maximum Gasteiger partial charge on any atom is 0.435 e. The molecule has 0 aliphatic rings. The molecule has 2 heterocycles. The van der Waals surface area contributed by atoms with E-state index in [2.05, 4.69) is 9.97 Å². The Morgan fingerprint density at radius 3 is 2.29 bits per heavy atom. The van der Waals surface area contributed by atoms with Crippen LogP contribution in [0.25, 0.3) is 0 Å². The number of aromatic carboxylic acids is 1. The number of alkyl halides is 3. The van der Waals surface area contributed by atoms with E-state index in [1.54, 1.807) is 0 Å². The van der Waals surface area contributed by atoms with Gasteiger partial charge in [0.25, 0.3) is 0 Å². The second-order valence-corrected chi connectivity index (χ2v) is 6.57. The van der Waals surface area contributed by atoms with Gasteiger partial charge in [0.15, 0.2) is 10.0 Å². The summed E-state index contributed by atoms with van der Waals surface area (Å²) in [5.41, 5.74) is -1.44. The first-order valence-electron chi connectivity index (χ1n) is 4.98. The van der Waals surface area contributed by atoms with Gasteiger partial charge in [-0.2, -0.15) is 13.2 Å². The van der Waals surface area contributed by atoms with Crippen molar-refractivity contribution in [2.45, 2.75) is 15.4 Å². The Kier molecular flexibility index (Phi) is 4.66. The van der Waals surface area contributed by atoms with Crippen LogP contribution >= 0.6 is 46.3 Å². The molecule has 0 bridgehead atoms. The van der Waals surface area contributed by atoms with Gasteiger partial charge in [0, 0.05) is 12.4 Å². The van der Waals surface area contributed by atoms with Gasteiger partial charge in [-0.05, 0) is 0 Å². The van der Waals surface area contributed by atoms with E-state index in [1.807, 2.05) is 0 Å². The highest BCUT2D eigenvalue weighted by molar-refractivity contribution is 8.01. The SMILES string of the molecule is O=C(O)c1sc(Sc2c(Cl)cncc2Cl)nc1C(F)(F)F. The number of aromatic nitrogens is 2. The Labute approximate surface area is 133 Å². The summed E-state index contributed by atoms with van der Waals surface area (Å²) in [4.78, 5) is 17.3. The van der Waals surface area contributed by atoms with Gasteiger partial charge in [0.1, 0.15) is 4.88 Å². The average Bonchev–Trinajstić information content (AvgIpc) is 2.78. The zero-order valence-electron chi connectivity index (χ0n) is 9.61. The third kappa shape index (κ3) is 3.60. The molecule has 0 aliphatic heterocycles. The molecule has 0 spiro atoms. The van der Waals surface area contributed by atoms with Crippen LogP contribution in [-0.4, -0.2) is 21.0 Å². The first-order chi connectivity index (χ1) is 9.70. The summed E-state index contributed by atoms with van der Waals surface area (Å²) in [5.74, 6) is -1.70. The lowest BCUT2D eigenvalue weighted by atomic mass is 10.3. The highest BCUT2D eigenvalue weighted by atomic mass is 35.5. The fourth-order valence-corrected chi connectivity index (χ4v) is 3.80. The number of hydrogen-bond acceptors (Lipinski definition) is 5. The van der Waals surface area contributed by atoms with E-state index in [-0.39, 0.29) is 19.3 Å². The fourth-order valence-electron chi connectivity index (χ4n) is 1.27. The number of carboxylic acids is 1. The zero-order chi connectivity index (χ0) is 15.8. The number of carbonyl (C=O) groups is 1. The van der Waals surface area contributed by atoms with Crippen molar-refractivity contribution in [2.75, 3.05) is 0 Å². The highest BCUT2D eigenvalue weighted by Gasteiger charge is 2.39. The minimum Gasteiger partial charge on any atom is -0.477 e. The van der Waals surface area contributed by atoms with Crippen molar-refractivity contribution in [3.8, 4) is 0 Å². The molecule has 0 saturated carbocycles. The molecule has 0 saturated heterocycles. The fraction of sp³-hybridized carbons (Fsp3) is 0.100. The summed E-state index contributed by atoms with van der Waals surface area (Å²) < 4.78 is 38.1. The smallest absolute Gasteiger partial charge is 0.435 e. The van der Waals surface area contributed by atoms with E-state index in [4.69, 9.17) is 28.3 Å². The summed E-state index contributed by atoms with van der Waals surface area (Å²) >= 11 is 12.8. The molecule has 112 valence electrons. The van der Waals surface area contributed by atoms with Crippen LogP contribution in [0.3, 0.4) is 0 Å². The van der Waals surface area contributed by atoms with Gasteiger partial charge in [-0.1, -0.05) is 46.3 Å². The normalized spacial score (nSPS) is 11.7. The summed E-state index contributed by atoms with van der Waals surface area (Å²) in [5, 5.41) is 9.08. The van der Waals surface area contributed by atoms with Crippen LogP contribution in [0.5, 0.6) is 0 Å². The Hall–Kier alpha value is -1.03. The lowest BCUT2D eigenvalue weighted by molar-refractivity contribution is -0.141. The van der Waals surface area contributed by atoms with E-state index in [9.17, 15) is 18.0 Å². The number of nitrogens with zero attached hydrogens (tertiary/aromatic N) is 2. The van der Waals surface area contributed by atoms with Crippen molar-refractivity contribution >= 4 is 52.3 Å². The number of pyridine rings is 1. The molecule has 21 heavy (non-hydrogen) atoms. The van der Waals surface area contributed by atoms with Crippen LogP contribution in [0, 0.1) is 0 Å². The van der Waals surface area contributed by atoms with Crippen molar-refractivity contribution in [1.82, 2.24) is 9.97 Å². The maximum atomic E-state index is 12.7. The van der Waals surface area contributed by atoms with Crippen LogP contribution in [0.15, 0.2) is 21.6 Å². The van der Waals surface area contributed by atoms with E-state index in [1.165, 1.54) is 12.4 Å². The summed E-state index contributed by atoms with van der Waals surface area (Å²) in [6.45, 7) is 0. The van der Waals surface area contributed by atoms with Crippen molar-refractivity contribution in [1.29, 1.82) is 0 Å². The van der Waals surface area contributed by atoms with Crippen LogP contribution in [0.2, 0.25) is 10.0 Å². The molecule has 0 unspecified atom stereocenters. The monoisotopic (exact) mass is 374 g/mol. The van der Waals surface area contributed by atoms with Crippen LogP contribution in [0.1, 0.15) is 15.4 Å². The molecule has 0 atom stereocenters. The molecule has 0 radical (unpaired) electrons. The first kappa shape index (κ1) is 16.3. The molecule has 0 fully saturated rings. The van der Waals surface area contributed by atoms with Crippen molar-refractivity contribution in [3.05, 3.63) is 33.0 Å². The standard InChI is InChI=1S/C10H3Cl2F3N2O2S2/c11-3-1-16-2-4(12)5(3)20-9-17-7(10(13,14)15)6(21-9)8(18)19/h1-2H,(H,18,19). The van der Waals surface area contributed by atoms with E-state index >= 15 is 0 Å². The largest absolute Gasteiger partial charge is 0.477 e. The third-order valence-corrected chi connectivity index (χ3v) is 5.11. The Balaban J connectivity index is 2.45. The summed E-state index contributed by atoms with van der Waals surface area (Å²) in [7, 11) is 0. The van der Waals surface area contributed by atoms with Crippen LogP contribution in [0.4, 0.5) is 13.2 Å². The van der Waals surface area contributed by atoms with Gasteiger partial charge >= 0.3 is 12.1 Å². The second-order valence-electron chi connectivity index (χ2n) is 3.49. The molecule has 2 rings (SSSR count). The van der Waals surface area contributed by atoms with Crippen molar-refractivity contribution in [2.24, 2.45) is 0 Å². The number of rotatable bonds is 3. The quantitative estimate of drug-likeness (QED) is 0.842. The predicted octanol–water partition coefficient (Wildman–Crippen LogP) is 4.71. The summed E-state index contributed by atoms with van der Waals surface area (Å²) in [6.07, 6.45) is -2.31. The molecule has 0 amide bonds. The van der Waals surface area contributed by atoms with Gasteiger partial charge in [-0.25, -0.2) is 9.78 Å². The van der Waals surface area contributed by atoms with Crippen LogP contribution in [-0.2, 0) is 6.18 Å². The molecule has 0 aliphatic carbocycles. The molecule has 0 aromatic carbocycles. The highest BCUT2D eigenvalue weighted by Crippen LogP contribution is 2.43. The lowest BCUT2D eigenvalue weighted by Crippen LogP contribution is -2.11. The van der Waals surface area contributed by atoms with Crippen molar-refractivity contribution in [3.63, 3.8) is 0 Å². The molecule has 4 nitrogen and oxygen atoms in total. The lowest BCUT2D eigenvalue weighted by Gasteiger charge is -2.03. The number of thiazole rings is 1. The predicted molar refractivity (Wildman–Crippen MR) is 72.5 cm³/mol. The molecule has 11 heteroatoms. The van der Waals surface area contributed by atoms with E-state index < -0.39 is 22.7 Å². The average molecular weight is 375 g/mol. The number of hydrogen-bond donors (Lipinski definition) is 1. The topological polar surface area (TPSA) is 63.1 Å². The van der Waals surface area contributed by atoms with Gasteiger partial charge in [-0.15, -0.1) is 0 Å². The van der Waals surface area contributed by atoms with Crippen molar-refractivity contribution < 1.29 is 23.1 Å². The van der Waals surface area contributed by atoms with Gasteiger partial charge in [0.2, 0.25) is 0 Å². The Morgan fingerprint density at radius 2 is 1.86 bits per heavy atom. The van der Waals surface area contributed by atoms with E-state index in [0.717, 1.165) is 11.8 Å². The van der Waals surface area contributed by atoms with Gasteiger partial charge in [0.05, 0.1) is 14.9 Å². The number of halogens is 5. The van der Waals surface area contributed by atoms with Gasteiger partial charge < -0.3 is 5.11 Å². The van der Waals surface area contributed by atoms with Gasteiger partial charge in [-0.3, -0.25) is 4.98 Å². The second kappa shape index (κ2) is 5.99. The third-order valence-electron chi connectivity index (χ3n) is 2.07. The Morgan fingerprint density at radius 1 is 1.29 bits per heavy atom. The maximum absolute atomic E-state index is 12.7. The van der Waals surface area contributed by atoms with E-state index in [0.29, 0.717) is 11.3 Å². The molecule has 2 aromatic rings. The summed E-state index contributed by atoms with van der Waals surface area (Å²) in [6, 6.07) is 0.